The number of hydrogen-bond donors (Lipinski definition) is 1. The molecule has 2 rings (SSSR count). The second kappa shape index (κ2) is 7.14. The molecule has 3 nitrogen and oxygen atoms in total. The molecule has 0 aliphatic rings. The molecule has 2 aromatic carbocycles. The predicted molar refractivity (Wildman–Crippen MR) is 89.6 cm³/mol. The number of rotatable bonds is 6. The number of para-hydroxylation sites is 2. The molecular formula is C18H24N2O. The van der Waals surface area contributed by atoms with Gasteiger partial charge in [-0.25, -0.2) is 0 Å². The second-order valence-electron chi connectivity index (χ2n) is 5.07. The number of benzene rings is 2. The highest BCUT2D eigenvalue weighted by Crippen LogP contribution is 2.32. The van der Waals surface area contributed by atoms with Crippen LogP contribution in [-0.4, -0.2) is 21.2 Å². The number of anilines is 2. The van der Waals surface area contributed by atoms with Gasteiger partial charge >= 0.3 is 0 Å². The molecule has 0 bridgehead atoms. The van der Waals surface area contributed by atoms with Gasteiger partial charge in [0.1, 0.15) is 5.75 Å². The van der Waals surface area contributed by atoms with Crippen molar-refractivity contribution in [2.75, 3.05) is 26.1 Å². The number of nitrogens with one attached hydrogen (secondary N) is 1. The first kappa shape index (κ1) is 15.4. The fraction of sp³-hybridized carbons (Fsp3) is 0.333. The maximum Gasteiger partial charge on any atom is 0.142 e. The molecule has 1 unspecified atom stereocenters. The Labute approximate surface area is 127 Å². The van der Waals surface area contributed by atoms with Crippen LogP contribution in [0.2, 0.25) is 0 Å². The molecule has 1 N–H and O–H groups in total. The van der Waals surface area contributed by atoms with Crippen molar-refractivity contribution in [2.45, 2.75) is 19.4 Å². The Bertz CT molecular complexity index is 562. The van der Waals surface area contributed by atoms with Crippen LogP contribution < -0.4 is 15.0 Å². The van der Waals surface area contributed by atoms with Gasteiger partial charge in [0, 0.05) is 18.8 Å². The first-order chi connectivity index (χ1) is 10.2. The third kappa shape index (κ3) is 3.37. The molecule has 0 amide bonds. The Balaban J connectivity index is 2.25. The Hall–Kier alpha value is -2.00. The molecule has 0 spiro atoms. The van der Waals surface area contributed by atoms with E-state index >= 15 is 0 Å². The fourth-order valence-corrected chi connectivity index (χ4v) is 2.58. The molecule has 0 aromatic heterocycles. The van der Waals surface area contributed by atoms with Crippen molar-refractivity contribution < 1.29 is 4.74 Å². The highest BCUT2D eigenvalue weighted by Gasteiger charge is 2.11. The second-order valence-corrected chi connectivity index (χ2v) is 5.07. The highest BCUT2D eigenvalue weighted by molar-refractivity contribution is 5.68. The molecule has 0 aliphatic heterocycles. The van der Waals surface area contributed by atoms with Crippen LogP contribution in [-0.2, 0) is 0 Å². The minimum atomic E-state index is 0.413. The molecule has 0 saturated carbocycles. The summed E-state index contributed by atoms with van der Waals surface area (Å²) in [6, 6.07) is 17.1. The van der Waals surface area contributed by atoms with E-state index in [4.69, 9.17) is 4.74 Å². The lowest BCUT2D eigenvalue weighted by Crippen LogP contribution is -2.15. The van der Waals surface area contributed by atoms with Gasteiger partial charge in [0.2, 0.25) is 0 Å². The third-order valence-electron chi connectivity index (χ3n) is 3.89. The van der Waals surface area contributed by atoms with Crippen molar-refractivity contribution in [1.29, 1.82) is 0 Å². The van der Waals surface area contributed by atoms with Crippen molar-refractivity contribution in [2.24, 2.45) is 0 Å². The molecule has 0 heterocycles. The Morgan fingerprint density at radius 1 is 1.10 bits per heavy atom. The zero-order chi connectivity index (χ0) is 15.2. The predicted octanol–water partition coefficient (Wildman–Crippen LogP) is 4.13. The molecule has 112 valence electrons. The molecule has 1 atom stereocenters. The molecule has 0 aliphatic carbocycles. The average molecular weight is 284 g/mol. The monoisotopic (exact) mass is 284 g/mol. The summed E-state index contributed by atoms with van der Waals surface area (Å²) >= 11 is 0. The normalized spacial score (nSPS) is 12.0. The lowest BCUT2D eigenvalue weighted by atomic mass is 10.0. The molecule has 0 saturated heterocycles. The Morgan fingerprint density at radius 3 is 2.33 bits per heavy atom. The van der Waals surface area contributed by atoms with Crippen LogP contribution >= 0.6 is 0 Å². The standard InChI is InChI=1S/C18H24N2O/c1-5-16(19-2)14-10-12-15(13-11-14)20(3)17-8-6-7-9-18(17)21-4/h6-13,16,19H,5H2,1-4H3. The van der Waals surface area contributed by atoms with Crippen molar-refractivity contribution in [3.05, 3.63) is 54.1 Å². The van der Waals surface area contributed by atoms with Crippen LogP contribution in [0.5, 0.6) is 5.75 Å². The molecule has 3 heteroatoms. The average Bonchev–Trinajstić information content (AvgIpc) is 2.56. The van der Waals surface area contributed by atoms with E-state index in [9.17, 15) is 0 Å². The maximum atomic E-state index is 5.43. The van der Waals surface area contributed by atoms with Crippen LogP contribution in [0.3, 0.4) is 0 Å². The van der Waals surface area contributed by atoms with Crippen LogP contribution in [0.4, 0.5) is 11.4 Å². The number of hydrogen-bond acceptors (Lipinski definition) is 3. The summed E-state index contributed by atoms with van der Waals surface area (Å²) in [6.07, 6.45) is 1.08. The minimum Gasteiger partial charge on any atom is -0.495 e. The molecule has 0 radical (unpaired) electrons. The van der Waals surface area contributed by atoms with Crippen molar-refractivity contribution in [3.8, 4) is 5.75 Å². The first-order valence-corrected chi connectivity index (χ1v) is 7.35. The number of nitrogens with zero attached hydrogens (tertiary/aromatic N) is 1. The largest absolute Gasteiger partial charge is 0.495 e. The van der Waals surface area contributed by atoms with E-state index in [0.717, 1.165) is 23.5 Å². The van der Waals surface area contributed by atoms with Crippen LogP contribution in [0.1, 0.15) is 24.9 Å². The molecule has 21 heavy (non-hydrogen) atoms. The third-order valence-corrected chi connectivity index (χ3v) is 3.89. The van der Waals surface area contributed by atoms with Gasteiger partial charge in [-0.1, -0.05) is 31.2 Å². The van der Waals surface area contributed by atoms with E-state index in [1.54, 1.807) is 7.11 Å². The van der Waals surface area contributed by atoms with E-state index in [1.165, 1.54) is 5.56 Å². The van der Waals surface area contributed by atoms with Gasteiger partial charge in [-0.2, -0.15) is 0 Å². The summed E-state index contributed by atoms with van der Waals surface area (Å²) in [6.45, 7) is 2.19. The molecule has 2 aromatic rings. The minimum absolute atomic E-state index is 0.413. The van der Waals surface area contributed by atoms with Crippen LogP contribution in [0.15, 0.2) is 48.5 Å². The summed E-state index contributed by atoms with van der Waals surface area (Å²) in [4.78, 5) is 2.14. The summed E-state index contributed by atoms with van der Waals surface area (Å²) in [5, 5.41) is 3.33. The van der Waals surface area contributed by atoms with Gasteiger partial charge in [-0.15, -0.1) is 0 Å². The van der Waals surface area contributed by atoms with Gasteiger partial charge in [0.05, 0.1) is 12.8 Å². The highest BCUT2D eigenvalue weighted by atomic mass is 16.5. The van der Waals surface area contributed by atoms with Crippen molar-refractivity contribution in [1.82, 2.24) is 5.32 Å². The quantitative estimate of drug-likeness (QED) is 0.863. The zero-order valence-electron chi connectivity index (χ0n) is 13.3. The van der Waals surface area contributed by atoms with E-state index in [1.807, 2.05) is 25.2 Å². The number of ether oxygens (including phenoxy) is 1. The maximum absolute atomic E-state index is 5.43. The lowest BCUT2D eigenvalue weighted by molar-refractivity contribution is 0.415. The topological polar surface area (TPSA) is 24.5 Å². The Kier molecular flexibility index (Phi) is 5.23. The van der Waals surface area contributed by atoms with Crippen molar-refractivity contribution in [3.63, 3.8) is 0 Å². The lowest BCUT2D eigenvalue weighted by Gasteiger charge is -2.23. The fourth-order valence-electron chi connectivity index (χ4n) is 2.58. The molecule has 0 fully saturated rings. The van der Waals surface area contributed by atoms with Crippen molar-refractivity contribution >= 4 is 11.4 Å². The van der Waals surface area contributed by atoms with Crippen LogP contribution in [0.25, 0.3) is 0 Å². The number of methoxy groups -OCH3 is 1. The van der Waals surface area contributed by atoms with Gasteiger partial charge in [0.25, 0.3) is 0 Å². The van der Waals surface area contributed by atoms with E-state index in [-0.39, 0.29) is 0 Å². The smallest absolute Gasteiger partial charge is 0.142 e. The van der Waals surface area contributed by atoms with E-state index in [2.05, 4.69) is 54.5 Å². The first-order valence-electron chi connectivity index (χ1n) is 7.35. The summed E-state index contributed by atoms with van der Waals surface area (Å²) in [5.41, 5.74) is 3.53. The van der Waals surface area contributed by atoms with Gasteiger partial charge in [-0.05, 0) is 43.3 Å². The van der Waals surface area contributed by atoms with E-state index < -0.39 is 0 Å². The summed E-state index contributed by atoms with van der Waals surface area (Å²) < 4.78 is 5.43. The summed E-state index contributed by atoms with van der Waals surface area (Å²) in [7, 11) is 5.76. The Morgan fingerprint density at radius 2 is 1.76 bits per heavy atom. The summed E-state index contributed by atoms with van der Waals surface area (Å²) in [5.74, 6) is 0.880. The SMILES string of the molecule is CCC(NC)c1ccc(N(C)c2ccccc2OC)cc1. The van der Waals surface area contributed by atoms with E-state index in [0.29, 0.717) is 6.04 Å². The van der Waals surface area contributed by atoms with Gasteiger partial charge in [-0.3, -0.25) is 0 Å². The molecular weight excluding hydrogens is 260 g/mol. The van der Waals surface area contributed by atoms with Crippen LogP contribution in [0, 0.1) is 0 Å². The van der Waals surface area contributed by atoms with Gasteiger partial charge in [0.15, 0.2) is 0 Å². The zero-order valence-corrected chi connectivity index (χ0v) is 13.3. The van der Waals surface area contributed by atoms with Gasteiger partial charge < -0.3 is 15.0 Å².